The number of nitrogens with zero attached hydrogens (tertiary/aromatic N) is 2. The fourth-order valence-electron chi connectivity index (χ4n) is 4.25. The third kappa shape index (κ3) is 6.24. The van der Waals surface area contributed by atoms with Gasteiger partial charge in [0, 0.05) is 11.6 Å². The summed E-state index contributed by atoms with van der Waals surface area (Å²) in [4.78, 5) is 19.0. The predicted molar refractivity (Wildman–Crippen MR) is 133 cm³/mol. The minimum atomic E-state index is -3.99. The maximum Gasteiger partial charge on any atom is 0.261 e. The highest BCUT2D eigenvalue weighted by molar-refractivity contribution is 7.89. The first kappa shape index (κ1) is 25.3. The Hall–Kier alpha value is -2.83. The topological polar surface area (TPSA) is 121 Å². The van der Waals surface area contributed by atoms with E-state index in [2.05, 4.69) is 14.6 Å². The number of aromatic nitrogens is 1. The van der Waals surface area contributed by atoms with Gasteiger partial charge in [-0.1, -0.05) is 24.3 Å². The summed E-state index contributed by atoms with van der Waals surface area (Å²) < 4.78 is 33.9. The number of carbonyl (C=O) groups is 1. The number of methoxy groups -OCH3 is 1. The number of likely N-dealkylation sites (tertiary alicyclic amines) is 1. The SMILES string of the molecule is COc1ccc(-c2ccc(S(=O)(=O)NC(C(=O)NO)C3CCN(Cc4nccs4)CC3)cc2)cc1. The molecule has 35 heavy (non-hydrogen) atoms. The minimum absolute atomic E-state index is 0.0479. The number of sulfonamides is 1. The molecule has 0 bridgehead atoms. The summed E-state index contributed by atoms with van der Waals surface area (Å²) in [6.07, 6.45) is 3.00. The average Bonchev–Trinajstić information content (AvgIpc) is 3.40. The first-order valence-electron chi connectivity index (χ1n) is 11.2. The van der Waals surface area contributed by atoms with Crippen LogP contribution in [0, 0.1) is 5.92 Å². The van der Waals surface area contributed by atoms with Crippen molar-refractivity contribution in [1.29, 1.82) is 0 Å². The molecule has 1 saturated heterocycles. The number of ether oxygens (including phenoxy) is 1. The van der Waals surface area contributed by atoms with Gasteiger partial charge in [0.2, 0.25) is 10.0 Å². The fraction of sp³-hybridized carbons (Fsp3) is 0.333. The molecule has 2 heterocycles. The second-order valence-corrected chi connectivity index (χ2v) is 11.1. The standard InChI is InChI=1S/C24H28N4O5S2/c1-33-20-6-2-17(3-7-20)18-4-8-21(9-5-18)35(31,32)27-23(24(29)26-30)19-10-13-28(14-11-19)16-22-25-12-15-34-22/h2-9,12,15,19,23,27,30H,10-11,13-14,16H2,1H3,(H,26,29). The summed E-state index contributed by atoms with van der Waals surface area (Å²) in [6.45, 7) is 2.14. The molecule has 3 N–H and O–H groups in total. The lowest BCUT2D eigenvalue weighted by Crippen LogP contribution is -2.52. The first-order valence-corrected chi connectivity index (χ1v) is 13.6. The van der Waals surface area contributed by atoms with E-state index in [9.17, 15) is 18.4 Å². The van der Waals surface area contributed by atoms with Gasteiger partial charge in [0.15, 0.2) is 0 Å². The molecule has 0 aliphatic carbocycles. The summed E-state index contributed by atoms with van der Waals surface area (Å²) >= 11 is 1.59. The number of rotatable bonds is 9. The molecule has 3 aromatic rings. The molecule has 1 aliphatic rings. The smallest absolute Gasteiger partial charge is 0.261 e. The molecule has 0 radical (unpaired) electrons. The molecule has 2 aromatic carbocycles. The number of hydroxylamine groups is 1. The molecule has 0 spiro atoms. The molecule has 1 fully saturated rings. The Morgan fingerprint density at radius 1 is 1.14 bits per heavy atom. The number of hydrogen-bond donors (Lipinski definition) is 3. The second kappa shape index (κ2) is 11.3. The van der Waals surface area contributed by atoms with E-state index < -0.39 is 22.0 Å². The summed E-state index contributed by atoms with van der Waals surface area (Å²) in [5.41, 5.74) is 3.40. The van der Waals surface area contributed by atoms with Crippen molar-refractivity contribution in [1.82, 2.24) is 20.1 Å². The molecule has 1 atom stereocenters. The van der Waals surface area contributed by atoms with E-state index in [1.807, 2.05) is 29.6 Å². The van der Waals surface area contributed by atoms with E-state index in [0.29, 0.717) is 25.9 Å². The van der Waals surface area contributed by atoms with E-state index >= 15 is 0 Å². The zero-order chi connectivity index (χ0) is 24.8. The van der Waals surface area contributed by atoms with E-state index in [4.69, 9.17) is 4.74 Å². The van der Waals surface area contributed by atoms with Crippen molar-refractivity contribution in [2.75, 3.05) is 20.2 Å². The molecular formula is C24H28N4O5S2. The molecule has 186 valence electrons. The largest absolute Gasteiger partial charge is 0.497 e. The summed E-state index contributed by atoms with van der Waals surface area (Å²) in [5.74, 6) is -0.274. The van der Waals surface area contributed by atoms with E-state index in [-0.39, 0.29) is 10.8 Å². The molecular weight excluding hydrogens is 488 g/mol. The Balaban J connectivity index is 1.43. The Bertz CT molecular complexity index is 1210. The van der Waals surface area contributed by atoms with Crippen LogP contribution < -0.4 is 14.9 Å². The van der Waals surface area contributed by atoms with Gasteiger partial charge >= 0.3 is 0 Å². The van der Waals surface area contributed by atoms with Crippen LogP contribution in [0.15, 0.2) is 65.0 Å². The lowest BCUT2D eigenvalue weighted by Gasteiger charge is -2.35. The molecule has 1 unspecified atom stereocenters. The van der Waals surface area contributed by atoms with Crippen LogP contribution in [-0.2, 0) is 21.4 Å². The fourth-order valence-corrected chi connectivity index (χ4v) is 6.17. The lowest BCUT2D eigenvalue weighted by atomic mass is 9.89. The van der Waals surface area contributed by atoms with Crippen LogP contribution in [0.1, 0.15) is 17.8 Å². The normalized spacial score (nSPS) is 16.1. The van der Waals surface area contributed by atoms with Gasteiger partial charge in [-0.15, -0.1) is 11.3 Å². The minimum Gasteiger partial charge on any atom is -0.497 e. The van der Waals surface area contributed by atoms with Crippen molar-refractivity contribution in [3.8, 4) is 16.9 Å². The highest BCUT2D eigenvalue weighted by Crippen LogP contribution is 2.26. The van der Waals surface area contributed by atoms with Crippen LogP contribution in [0.4, 0.5) is 0 Å². The van der Waals surface area contributed by atoms with Gasteiger partial charge in [-0.25, -0.2) is 18.9 Å². The number of nitrogens with one attached hydrogen (secondary N) is 2. The summed E-state index contributed by atoms with van der Waals surface area (Å²) in [6, 6.07) is 12.8. The van der Waals surface area contributed by atoms with Crippen LogP contribution >= 0.6 is 11.3 Å². The van der Waals surface area contributed by atoms with E-state index in [1.165, 1.54) is 12.1 Å². The molecule has 0 saturated carbocycles. The number of thiazole rings is 1. The maximum atomic E-state index is 13.1. The molecule has 1 aliphatic heterocycles. The predicted octanol–water partition coefficient (Wildman–Crippen LogP) is 2.88. The van der Waals surface area contributed by atoms with Gasteiger partial charge in [0.25, 0.3) is 5.91 Å². The molecule has 1 amide bonds. The molecule has 4 rings (SSSR count). The Kier molecular flexibility index (Phi) is 8.14. The lowest BCUT2D eigenvalue weighted by molar-refractivity contribution is -0.132. The second-order valence-electron chi connectivity index (χ2n) is 8.37. The van der Waals surface area contributed by atoms with Gasteiger partial charge < -0.3 is 4.74 Å². The average molecular weight is 517 g/mol. The number of benzene rings is 2. The molecule has 9 nitrogen and oxygen atoms in total. The van der Waals surface area contributed by atoms with Crippen molar-refractivity contribution in [3.05, 3.63) is 65.1 Å². The molecule has 11 heteroatoms. The van der Waals surface area contributed by atoms with Crippen LogP contribution in [-0.4, -0.2) is 55.7 Å². The van der Waals surface area contributed by atoms with Gasteiger partial charge in [-0.3, -0.25) is 14.9 Å². The van der Waals surface area contributed by atoms with Crippen LogP contribution in [0.3, 0.4) is 0 Å². The van der Waals surface area contributed by atoms with Crippen molar-refractivity contribution in [2.24, 2.45) is 5.92 Å². The maximum absolute atomic E-state index is 13.1. The monoisotopic (exact) mass is 516 g/mol. The van der Waals surface area contributed by atoms with Gasteiger partial charge in [-0.05, 0) is 67.2 Å². The third-order valence-corrected chi connectivity index (χ3v) is 8.43. The van der Waals surface area contributed by atoms with E-state index in [1.54, 1.807) is 42.3 Å². The highest BCUT2D eigenvalue weighted by Gasteiger charge is 2.35. The van der Waals surface area contributed by atoms with Crippen LogP contribution in [0.25, 0.3) is 11.1 Å². The Morgan fingerprint density at radius 2 is 1.77 bits per heavy atom. The summed E-state index contributed by atoms with van der Waals surface area (Å²) in [5, 5.41) is 12.2. The number of piperidine rings is 1. The van der Waals surface area contributed by atoms with Crippen molar-refractivity contribution < 1.29 is 23.2 Å². The quantitative estimate of drug-likeness (QED) is 0.295. The number of carbonyl (C=O) groups excluding carboxylic acids is 1. The van der Waals surface area contributed by atoms with Crippen molar-refractivity contribution >= 4 is 27.3 Å². The first-order chi connectivity index (χ1) is 16.9. The number of hydrogen-bond acceptors (Lipinski definition) is 8. The Labute approximate surface area is 208 Å². The van der Waals surface area contributed by atoms with Gasteiger partial charge in [0.05, 0.1) is 18.6 Å². The number of amides is 1. The zero-order valence-electron chi connectivity index (χ0n) is 19.3. The van der Waals surface area contributed by atoms with Crippen LogP contribution in [0.2, 0.25) is 0 Å². The molecule has 1 aromatic heterocycles. The van der Waals surface area contributed by atoms with Gasteiger partial charge in [-0.2, -0.15) is 4.72 Å². The van der Waals surface area contributed by atoms with Crippen molar-refractivity contribution in [3.63, 3.8) is 0 Å². The van der Waals surface area contributed by atoms with Gasteiger partial charge in [0.1, 0.15) is 16.8 Å². The Morgan fingerprint density at radius 3 is 2.31 bits per heavy atom. The third-order valence-electron chi connectivity index (χ3n) is 6.21. The highest BCUT2D eigenvalue weighted by atomic mass is 32.2. The van der Waals surface area contributed by atoms with Crippen molar-refractivity contribution in [2.45, 2.75) is 30.3 Å². The zero-order valence-corrected chi connectivity index (χ0v) is 20.9. The van der Waals surface area contributed by atoms with Crippen LogP contribution in [0.5, 0.6) is 5.75 Å². The van der Waals surface area contributed by atoms with E-state index in [0.717, 1.165) is 28.4 Å². The summed E-state index contributed by atoms with van der Waals surface area (Å²) in [7, 11) is -2.40.